The highest BCUT2D eigenvalue weighted by molar-refractivity contribution is 7.99. The normalized spacial score (nSPS) is 16.8. The van der Waals surface area contributed by atoms with E-state index in [2.05, 4.69) is 23.9 Å². The standard InChI is InChI=1S/C21H28N4O3S/c1-4-28-20(27)17-12-8-9-13-24(17)18(26)14-29-21-22-19(15(2)3)25(23-21)16-10-6-5-7-11-16/h5-7,10-11,15,17H,4,8-9,12-14H2,1-3H3/t17-/m0/s1. The second-order valence-corrected chi connectivity index (χ2v) is 8.24. The van der Waals surface area contributed by atoms with Gasteiger partial charge in [0, 0.05) is 12.5 Å². The molecule has 0 saturated carbocycles. The number of esters is 1. The Morgan fingerprint density at radius 3 is 2.69 bits per heavy atom. The van der Waals surface area contributed by atoms with Gasteiger partial charge < -0.3 is 9.64 Å². The summed E-state index contributed by atoms with van der Waals surface area (Å²) >= 11 is 1.31. The molecule has 0 unspecified atom stereocenters. The van der Waals surface area contributed by atoms with Crippen molar-refractivity contribution in [1.29, 1.82) is 0 Å². The van der Waals surface area contributed by atoms with E-state index in [4.69, 9.17) is 4.74 Å². The lowest BCUT2D eigenvalue weighted by molar-refractivity contribution is -0.155. The number of carbonyl (C=O) groups excluding carboxylic acids is 2. The highest BCUT2D eigenvalue weighted by Crippen LogP contribution is 2.24. The van der Waals surface area contributed by atoms with Crippen molar-refractivity contribution in [3.05, 3.63) is 36.2 Å². The van der Waals surface area contributed by atoms with Gasteiger partial charge in [0.1, 0.15) is 11.9 Å². The van der Waals surface area contributed by atoms with Gasteiger partial charge in [-0.15, -0.1) is 5.10 Å². The molecule has 1 aromatic carbocycles. The van der Waals surface area contributed by atoms with Gasteiger partial charge in [-0.2, -0.15) is 0 Å². The predicted octanol–water partition coefficient (Wildman–Crippen LogP) is 3.43. The molecule has 0 spiro atoms. The molecule has 1 atom stereocenters. The molecule has 3 rings (SSSR count). The molecule has 2 aromatic rings. The molecule has 2 heterocycles. The SMILES string of the molecule is CCOC(=O)[C@@H]1CCCCN1C(=O)CSc1nc(C(C)C)n(-c2ccccc2)n1. The van der Waals surface area contributed by atoms with Crippen LogP contribution in [0.1, 0.15) is 51.8 Å². The number of aromatic nitrogens is 3. The van der Waals surface area contributed by atoms with E-state index >= 15 is 0 Å². The zero-order valence-corrected chi connectivity index (χ0v) is 18.0. The summed E-state index contributed by atoms with van der Waals surface area (Å²) in [6.45, 7) is 6.84. The van der Waals surface area contributed by atoms with Gasteiger partial charge in [0.15, 0.2) is 0 Å². The molecule has 29 heavy (non-hydrogen) atoms. The third kappa shape index (κ3) is 5.18. The van der Waals surface area contributed by atoms with Gasteiger partial charge in [0.2, 0.25) is 11.1 Å². The van der Waals surface area contributed by atoms with Crippen molar-refractivity contribution < 1.29 is 14.3 Å². The summed E-state index contributed by atoms with van der Waals surface area (Å²) in [7, 11) is 0. The van der Waals surface area contributed by atoms with Gasteiger partial charge in [0.25, 0.3) is 0 Å². The van der Waals surface area contributed by atoms with E-state index in [9.17, 15) is 9.59 Å². The minimum Gasteiger partial charge on any atom is -0.464 e. The van der Waals surface area contributed by atoms with E-state index in [-0.39, 0.29) is 23.5 Å². The van der Waals surface area contributed by atoms with E-state index in [1.54, 1.807) is 11.8 Å². The Kier molecular flexibility index (Phi) is 7.30. The fraction of sp³-hybridized carbons (Fsp3) is 0.524. The van der Waals surface area contributed by atoms with Crippen molar-refractivity contribution >= 4 is 23.6 Å². The Morgan fingerprint density at radius 1 is 1.24 bits per heavy atom. The van der Waals surface area contributed by atoms with Crippen LogP contribution in [0.15, 0.2) is 35.5 Å². The Hall–Kier alpha value is -2.35. The number of amides is 1. The minimum atomic E-state index is -0.474. The van der Waals surface area contributed by atoms with E-state index in [1.165, 1.54) is 11.8 Å². The predicted molar refractivity (Wildman–Crippen MR) is 112 cm³/mol. The maximum atomic E-state index is 12.8. The molecule has 7 nitrogen and oxygen atoms in total. The third-order valence-corrected chi connectivity index (χ3v) is 5.66. The van der Waals surface area contributed by atoms with Gasteiger partial charge in [-0.25, -0.2) is 14.5 Å². The molecule has 1 aliphatic rings. The van der Waals surface area contributed by atoms with Crippen molar-refractivity contribution in [2.45, 2.75) is 57.1 Å². The number of carbonyl (C=O) groups is 2. The molecule has 1 saturated heterocycles. The summed E-state index contributed by atoms with van der Waals surface area (Å²) in [5.74, 6) is 0.872. The second-order valence-electron chi connectivity index (χ2n) is 7.29. The Labute approximate surface area is 175 Å². The number of piperidine rings is 1. The molecular formula is C21H28N4O3S. The van der Waals surface area contributed by atoms with E-state index in [0.717, 1.165) is 24.4 Å². The van der Waals surface area contributed by atoms with E-state index < -0.39 is 6.04 Å². The first-order valence-electron chi connectivity index (χ1n) is 10.1. The fourth-order valence-electron chi connectivity index (χ4n) is 3.42. The number of hydrogen-bond donors (Lipinski definition) is 0. The van der Waals surface area contributed by atoms with E-state index in [1.807, 2.05) is 35.0 Å². The number of likely N-dealkylation sites (tertiary alicyclic amines) is 1. The second kappa shape index (κ2) is 9.91. The minimum absolute atomic E-state index is 0.0742. The molecule has 156 valence electrons. The topological polar surface area (TPSA) is 77.3 Å². The van der Waals surface area contributed by atoms with Crippen molar-refractivity contribution in [2.75, 3.05) is 18.9 Å². The Morgan fingerprint density at radius 2 is 2.00 bits per heavy atom. The zero-order chi connectivity index (χ0) is 20.8. The highest BCUT2D eigenvalue weighted by Gasteiger charge is 2.33. The molecule has 1 amide bonds. The molecule has 1 fully saturated rings. The molecule has 0 radical (unpaired) electrons. The zero-order valence-electron chi connectivity index (χ0n) is 17.2. The Bertz CT molecular complexity index is 838. The number of para-hydroxylation sites is 1. The monoisotopic (exact) mass is 416 g/mol. The molecule has 8 heteroatoms. The van der Waals surface area contributed by atoms with Crippen LogP contribution < -0.4 is 0 Å². The highest BCUT2D eigenvalue weighted by atomic mass is 32.2. The Balaban J connectivity index is 1.70. The van der Waals surface area contributed by atoms with Crippen LogP contribution in [-0.4, -0.2) is 56.5 Å². The number of hydrogen-bond acceptors (Lipinski definition) is 6. The first-order chi connectivity index (χ1) is 14.0. The smallest absolute Gasteiger partial charge is 0.328 e. The maximum Gasteiger partial charge on any atom is 0.328 e. The summed E-state index contributed by atoms with van der Waals surface area (Å²) in [6, 6.07) is 9.38. The maximum absolute atomic E-state index is 12.8. The number of ether oxygens (including phenoxy) is 1. The van der Waals surface area contributed by atoms with Crippen LogP contribution in [0.4, 0.5) is 0 Å². The van der Waals surface area contributed by atoms with Crippen LogP contribution in [0.5, 0.6) is 0 Å². The lowest BCUT2D eigenvalue weighted by Gasteiger charge is -2.33. The number of benzene rings is 1. The summed E-state index contributed by atoms with van der Waals surface area (Å²) in [6.07, 6.45) is 2.50. The number of rotatable bonds is 7. The first-order valence-corrected chi connectivity index (χ1v) is 11.1. The van der Waals surface area contributed by atoms with Crippen LogP contribution in [0.2, 0.25) is 0 Å². The largest absolute Gasteiger partial charge is 0.464 e. The van der Waals surface area contributed by atoms with Crippen molar-refractivity contribution in [2.24, 2.45) is 0 Å². The van der Waals surface area contributed by atoms with Crippen LogP contribution >= 0.6 is 11.8 Å². The summed E-state index contributed by atoms with van der Waals surface area (Å²) < 4.78 is 6.98. The molecule has 1 aliphatic heterocycles. The lowest BCUT2D eigenvalue weighted by atomic mass is 10.0. The van der Waals surface area contributed by atoms with Gasteiger partial charge in [-0.3, -0.25) is 4.79 Å². The van der Waals surface area contributed by atoms with Crippen LogP contribution in [-0.2, 0) is 14.3 Å². The molecule has 0 aliphatic carbocycles. The number of thioether (sulfide) groups is 1. The average molecular weight is 417 g/mol. The number of nitrogens with zero attached hydrogens (tertiary/aromatic N) is 4. The lowest BCUT2D eigenvalue weighted by Crippen LogP contribution is -2.49. The van der Waals surface area contributed by atoms with Gasteiger partial charge in [-0.05, 0) is 38.3 Å². The fourth-order valence-corrected chi connectivity index (χ4v) is 4.14. The quantitative estimate of drug-likeness (QED) is 0.508. The summed E-state index contributed by atoms with van der Waals surface area (Å²) in [4.78, 5) is 31.3. The average Bonchev–Trinajstić information content (AvgIpc) is 3.17. The molecular weight excluding hydrogens is 388 g/mol. The van der Waals surface area contributed by atoms with Crippen LogP contribution in [0.25, 0.3) is 5.69 Å². The first kappa shape index (κ1) is 21.4. The van der Waals surface area contributed by atoms with Gasteiger partial charge in [-0.1, -0.05) is 43.8 Å². The van der Waals surface area contributed by atoms with Gasteiger partial charge >= 0.3 is 5.97 Å². The molecule has 0 N–H and O–H groups in total. The van der Waals surface area contributed by atoms with Gasteiger partial charge in [0.05, 0.1) is 18.0 Å². The molecule has 1 aromatic heterocycles. The summed E-state index contributed by atoms with van der Waals surface area (Å²) in [5.41, 5.74) is 0.945. The van der Waals surface area contributed by atoms with Crippen molar-refractivity contribution in [3.63, 3.8) is 0 Å². The van der Waals surface area contributed by atoms with E-state index in [0.29, 0.717) is 24.7 Å². The third-order valence-electron chi connectivity index (χ3n) is 4.84. The molecule has 0 bridgehead atoms. The van der Waals surface area contributed by atoms with Crippen LogP contribution in [0.3, 0.4) is 0 Å². The summed E-state index contributed by atoms with van der Waals surface area (Å²) in [5, 5.41) is 5.17. The van der Waals surface area contributed by atoms with Crippen molar-refractivity contribution in [3.8, 4) is 5.69 Å². The van der Waals surface area contributed by atoms with Crippen molar-refractivity contribution in [1.82, 2.24) is 19.7 Å². The van der Waals surface area contributed by atoms with Crippen LogP contribution in [0, 0.1) is 0 Å².